The van der Waals surface area contributed by atoms with Gasteiger partial charge in [-0.2, -0.15) is 0 Å². The molecule has 2 heterocycles. The highest BCUT2D eigenvalue weighted by Crippen LogP contribution is 2.41. The molecule has 3 heteroatoms. The van der Waals surface area contributed by atoms with Crippen LogP contribution in [0, 0.1) is 0 Å². The van der Waals surface area contributed by atoms with Gasteiger partial charge in [0.25, 0.3) is 0 Å². The van der Waals surface area contributed by atoms with Gasteiger partial charge in [-0.15, -0.1) is 0 Å². The van der Waals surface area contributed by atoms with Crippen molar-refractivity contribution in [1.29, 1.82) is 0 Å². The van der Waals surface area contributed by atoms with E-state index in [9.17, 15) is 0 Å². The molecule has 0 spiro atoms. The van der Waals surface area contributed by atoms with Gasteiger partial charge in [-0.05, 0) is 6.07 Å². The summed E-state index contributed by atoms with van der Waals surface area (Å²) in [5.74, 6) is 1.96. The number of rotatable bonds is 0. The molecule has 0 saturated carbocycles. The Hall–Kier alpha value is -1.22. The Morgan fingerprint density at radius 3 is 3.07 bits per heavy atom. The quantitative estimate of drug-likeness (QED) is 0.674. The molecule has 0 amide bonds. The minimum Gasteiger partial charge on any atom is -0.493 e. The molecule has 1 aromatic rings. The molecule has 3 nitrogen and oxygen atoms in total. The van der Waals surface area contributed by atoms with Crippen molar-refractivity contribution < 1.29 is 9.47 Å². The van der Waals surface area contributed by atoms with Gasteiger partial charge in [0.15, 0.2) is 0 Å². The molecular weight excluding hydrogens is 178 g/mol. The monoisotopic (exact) mass is 191 g/mol. The molecular formula is C11H13NO2. The van der Waals surface area contributed by atoms with Gasteiger partial charge in [-0.1, -0.05) is 6.07 Å². The topological polar surface area (TPSA) is 44.5 Å². The van der Waals surface area contributed by atoms with Crippen LogP contribution in [0.5, 0.6) is 11.5 Å². The van der Waals surface area contributed by atoms with Gasteiger partial charge < -0.3 is 15.2 Å². The fraction of sp³-hybridized carbons (Fsp3) is 0.455. The van der Waals surface area contributed by atoms with Crippen molar-refractivity contribution in [1.82, 2.24) is 0 Å². The Bertz CT molecular complexity index is 376. The summed E-state index contributed by atoms with van der Waals surface area (Å²) in [6, 6.07) is 4.17. The van der Waals surface area contributed by atoms with Gasteiger partial charge in [0.2, 0.25) is 0 Å². The molecule has 3 rings (SSSR count). The van der Waals surface area contributed by atoms with Crippen molar-refractivity contribution in [3.8, 4) is 11.5 Å². The Morgan fingerprint density at radius 2 is 2.14 bits per heavy atom. The van der Waals surface area contributed by atoms with Crippen LogP contribution < -0.4 is 15.2 Å². The zero-order valence-electron chi connectivity index (χ0n) is 7.95. The van der Waals surface area contributed by atoms with Crippen LogP contribution in [0.3, 0.4) is 0 Å². The Morgan fingerprint density at radius 1 is 1.21 bits per heavy atom. The average molecular weight is 191 g/mol. The summed E-state index contributed by atoms with van der Waals surface area (Å²) in [5.41, 5.74) is 8.37. The molecule has 2 aliphatic rings. The zero-order valence-corrected chi connectivity index (χ0v) is 7.95. The van der Waals surface area contributed by atoms with E-state index in [0.717, 1.165) is 43.1 Å². The van der Waals surface area contributed by atoms with Crippen LogP contribution >= 0.6 is 0 Å². The summed E-state index contributed by atoms with van der Waals surface area (Å²) >= 11 is 0. The number of fused-ring (bicyclic) bond motifs is 3. The van der Waals surface area contributed by atoms with Crippen LogP contribution in [0.15, 0.2) is 12.1 Å². The number of ether oxygens (including phenoxy) is 2. The third-order valence-corrected chi connectivity index (χ3v) is 2.93. The lowest BCUT2D eigenvalue weighted by Gasteiger charge is -2.24. The molecule has 2 N–H and O–H groups in total. The highest BCUT2D eigenvalue weighted by atomic mass is 16.5. The molecule has 0 aromatic heterocycles. The minimum absolute atomic E-state index is 0.129. The summed E-state index contributed by atoms with van der Waals surface area (Å²) in [6.45, 7) is 1.50. The van der Waals surface area contributed by atoms with Gasteiger partial charge in [-0.25, -0.2) is 0 Å². The van der Waals surface area contributed by atoms with E-state index < -0.39 is 0 Å². The molecule has 1 aromatic carbocycles. The SMILES string of the molecule is N[C@@H]1CCOc2c1ccc1c2CCO1. The van der Waals surface area contributed by atoms with E-state index in [1.807, 2.05) is 12.1 Å². The Balaban J connectivity index is 2.17. The highest BCUT2D eigenvalue weighted by molar-refractivity contribution is 5.53. The summed E-state index contributed by atoms with van der Waals surface area (Å²) in [4.78, 5) is 0. The van der Waals surface area contributed by atoms with Crippen molar-refractivity contribution in [2.75, 3.05) is 13.2 Å². The molecule has 0 aliphatic carbocycles. The first kappa shape index (κ1) is 8.12. The number of benzene rings is 1. The van der Waals surface area contributed by atoms with Crippen LogP contribution in [0.2, 0.25) is 0 Å². The second-order valence-corrected chi connectivity index (χ2v) is 3.80. The van der Waals surface area contributed by atoms with Crippen LogP contribution in [0.25, 0.3) is 0 Å². The summed E-state index contributed by atoms with van der Waals surface area (Å²) < 4.78 is 11.2. The fourth-order valence-electron chi connectivity index (χ4n) is 2.17. The summed E-state index contributed by atoms with van der Waals surface area (Å²) in [7, 11) is 0. The van der Waals surface area contributed by atoms with E-state index in [2.05, 4.69) is 0 Å². The normalized spacial score (nSPS) is 23.4. The average Bonchev–Trinajstić information content (AvgIpc) is 2.66. The molecule has 0 fully saturated rings. The van der Waals surface area contributed by atoms with Crippen LogP contribution in [0.1, 0.15) is 23.6 Å². The molecule has 1 atom stereocenters. The first-order valence-corrected chi connectivity index (χ1v) is 5.03. The molecule has 0 unspecified atom stereocenters. The maximum atomic E-state index is 6.02. The van der Waals surface area contributed by atoms with Crippen LogP contribution in [-0.2, 0) is 6.42 Å². The first-order valence-electron chi connectivity index (χ1n) is 5.03. The first-order chi connectivity index (χ1) is 6.86. The Kier molecular flexibility index (Phi) is 1.67. The number of hydrogen-bond donors (Lipinski definition) is 1. The molecule has 0 bridgehead atoms. The third-order valence-electron chi connectivity index (χ3n) is 2.93. The van der Waals surface area contributed by atoms with Crippen LogP contribution in [-0.4, -0.2) is 13.2 Å². The second-order valence-electron chi connectivity index (χ2n) is 3.80. The molecule has 0 radical (unpaired) electrons. The lowest BCUT2D eigenvalue weighted by Crippen LogP contribution is -2.21. The summed E-state index contributed by atoms with van der Waals surface area (Å²) in [5, 5.41) is 0. The minimum atomic E-state index is 0.129. The van der Waals surface area contributed by atoms with Crippen molar-refractivity contribution >= 4 is 0 Å². The lowest BCUT2D eigenvalue weighted by molar-refractivity contribution is 0.266. The van der Waals surface area contributed by atoms with Gasteiger partial charge in [0, 0.05) is 30.0 Å². The van der Waals surface area contributed by atoms with Crippen LogP contribution in [0.4, 0.5) is 0 Å². The van der Waals surface area contributed by atoms with Gasteiger partial charge in [0.05, 0.1) is 13.2 Å². The van der Waals surface area contributed by atoms with Gasteiger partial charge >= 0.3 is 0 Å². The maximum Gasteiger partial charge on any atom is 0.131 e. The number of nitrogens with two attached hydrogens (primary N) is 1. The lowest BCUT2D eigenvalue weighted by atomic mass is 9.97. The standard InChI is InChI=1S/C11H13NO2/c12-9-4-6-14-11-7(9)1-2-10-8(11)3-5-13-10/h1-2,9H,3-6,12H2/t9-/m1/s1. The zero-order chi connectivity index (χ0) is 9.54. The smallest absolute Gasteiger partial charge is 0.131 e. The largest absolute Gasteiger partial charge is 0.493 e. The highest BCUT2D eigenvalue weighted by Gasteiger charge is 2.25. The summed E-state index contributed by atoms with van der Waals surface area (Å²) in [6.07, 6.45) is 1.86. The Labute approximate surface area is 82.8 Å². The van der Waals surface area contributed by atoms with E-state index in [0.29, 0.717) is 0 Å². The second kappa shape index (κ2) is 2.89. The van der Waals surface area contributed by atoms with E-state index in [-0.39, 0.29) is 6.04 Å². The third kappa shape index (κ3) is 1.02. The van der Waals surface area contributed by atoms with Crippen molar-refractivity contribution in [2.24, 2.45) is 5.73 Å². The molecule has 2 aliphatic heterocycles. The predicted octanol–water partition coefficient (Wildman–Crippen LogP) is 1.40. The predicted molar refractivity (Wildman–Crippen MR) is 52.7 cm³/mol. The maximum absolute atomic E-state index is 6.02. The van der Waals surface area contributed by atoms with E-state index in [4.69, 9.17) is 15.2 Å². The van der Waals surface area contributed by atoms with Crippen molar-refractivity contribution in [3.05, 3.63) is 23.3 Å². The van der Waals surface area contributed by atoms with E-state index in [1.165, 1.54) is 5.56 Å². The molecule has 74 valence electrons. The van der Waals surface area contributed by atoms with Crippen molar-refractivity contribution in [3.63, 3.8) is 0 Å². The molecule has 14 heavy (non-hydrogen) atoms. The fourth-order valence-corrected chi connectivity index (χ4v) is 2.17. The van der Waals surface area contributed by atoms with E-state index in [1.54, 1.807) is 0 Å². The van der Waals surface area contributed by atoms with Crippen molar-refractivity contribution in [2.45, 2.75) is 18.9 Å². The van der Waals surface area contributed by atoms with E-state index >= 15 is 0 Å². The van der Waals surface area contributed by atoms with Gasteiger partial charge in [-0.3, -0.25) is 0 Å². The number of hydrogen-bond acceptors (Lipinski definition) is 3. The van der Waals surface area contributed by atoms with Gasteiger partial charge in [0.1, 0.15) is 11.5 Å². The molecule has 0 saturated heterocycles.